The minimum Gasteiger partial charge on any atom is -0.226 e. The first-order valence-electron chi connectivity index (χ1n) is 6.06. The quantitative estimate of drug-likeness (QED) is 0.343. The van der Waals surface area contributed by atoms with Crippen molar-refractivity contribution in [3.63, 3.8) is 0 Å². The third-order valence-electron chi connectivity index (χ3n) is 3.45. The summed E-state index contributed by atoms with van der Waals surface area (Å²) in [6.07, 6.45) is 1.80. The second-order valence-corrected chi connectivity index (χ2v) is 4.83. The molecule has 1 aromatic heterocycles. The minimum atomic E-state index is 0.285. The van der Waals surface area contributed by atoms with Crippen LogP contribution in [0.1, 0.15) is 0 Å². The van der Waals surface area contributed by atoms with Gasteiger partial charge < -0.3 is 0 Å². The zero-order valence-electron chi connectivity index (χ0n) is 9.97. The fourth-order valence-electron chi connectivity index (χ4n) is 2.64. The third kappa shape index (κ3) is 1.50. The van der Waals surface area contributed by atoms with Gasteiger partial charge in [-0.05, 0) is 27.8 Å². The molecule has 0 aliphatic rings. The summed E-state index contributed by atoms with van der Waals surface area (Å²) in [4.78, 5) is 8.53. The van der Waals surface area contributed by atoms with Crippen LogP contribution in [0, 0.1) is 0 Å². The van der Waals surface area contributed by atoms with E-state index in [2.05, 4.69) is 40.3 Å². The second kappa shape index (κ2) is 3.90. The molecule has 3 heteroatoms. The molecule has 4 aromatic rings. The standard InChI is InChI=1S/C16H9ClN2/c17-16-18-9-14-12-7-2-1-5-10(12)11-6-3-4-8-13(11)15(14)19-16/h1-9H. The lowest BCUT2D eigenvalue weighted by Crippen LogP contribution is -1.88. The summed E-state index contributed by atoms with van der Waals surface area (Å²) in [6, 6.07) is 16.6. The molecule has 19 heavy (non-hydrogen) atoms. The lowest BCUT2D eigenvalue weighted by atomic mass is 9.98. The van der Waals surface area contributed by atoms with Crippen molar-refractivity contribution in [3.8, 4) is 0 Å². The summed E-state index contributed by atoms with van der Waals surface area (Å²) in [5.74, 6) is 0. The molecule has 0 unspecified atom stereocenters. The molecule has 0 spiro atoms. The lowest BCUT2D eigenvalue weighted by molar-refractivity contribution is 1.23. The molecule has 0 saturated heterocycles. The van der Waals surface area contributed by atoms with Gasteiger partial charge in [0.25, 0.3) is 0 Å². The van der Waals surface area contributed by atoms with E-state index in [1.165, 1.54) is 10.8 Å². The molecular weight excluding hydrogens is 256 g/mol. The first-order valence-corrected chi connectivity index (χ1v) is 6.44. The molecule has 0 bridgehead atoms. The Labute approximate surface area is 114 Å². The number of halogens is 1. The van der Waals surface area contributed by atoms with Gasteiger partial charge in [-0.15, -0.1) is 0 Å². The van der Waals surface area contributed by atoms with Gasteiger partial charge in [0, 0.05) is 17.0 Å². The maximum absolute atomic E-state index is 5.95. The van der Waals surface area contributed by atoms with E-state index in [1.807, 2.05) is 18.2 Å². The van der Waals surface area contributed by atoms with E-state index < -0.39 is 0 Å². The van der Waals surface area contributed by atoms with Crippen molar-refractivity contribution in [1.29, 1.82) is 0 Å². The summed E-state index contributed by atoms with van der Waals surface area (Å²) in [5, 5.41) is 6.01. The summed E-state index contributed by atoms with van der Waals surface area (Å²) in [7, 11) is 0. The van der Waals surface area contributed by atoms with Crippen molar-refractivity contribution < 1.29 is 0 Å². The van der Waals surface area contributed by atoms with Gasteiger partial charge in [0.2, 0.25) is 5.28 Å². The fourth-order valence-corrected chi connectivity index (χ4v) is 2.77. The molecule has 0 amide bonds. The molecule has 4 rings (SSSR count). The van der Waals surface area contributed by atoms with Crippen molar-refractivity contribution in [2.75, 3.05) is 0 Å². The third-order valence-corrected chi connectivity index (χ3v) is 3.63. The Morgan fingerprint density at radius 3 is 1.89 bits per heavy atom. The van der Waals surface area contributed by atoms with Gasteiger partial charge in [-0.25, -0.2) is 9.97 Å². The molecule has 90 valence electrons. The van der Waals surface area contributed by atoms with Crippen LogP contribution in [0.15, 0.2) is 54.7 Å². The SMILES string of the molecule is Clc1ncc2c3ccccc3c3ccccc3c2n1. The Morgan fingerprint density at radius 2 is 1.21 bits per heavy atom. The van der Waals surface area contributed by atoms with Gasteiger partial charge >= 0.3 is 0 Å². The maximum atomic E-state index is 5.95. The second-order valence-electron chi connectivity index (χ2n) is 4.49. The Morgan fingerprint density at radius 1 is 0.684 bits per heavy atom. The minimum absolute atomic E-state index is 0.285. The molecule has 2 nitrogen and oxygen atoms in total. The van der Waals surface area contributed by atoms with Crippen LogP contribution in [0.25, 0.3) is 32.4 Å². The molecule has 1 heterocycles. The Bertz CT molecular complexity index is 896. The van der Waals surface area contributed by atoms with E-state index >= 15 is 0 Å². The average Bonchev–Trinajstić information content (AvgIpc) is 2.47. The molecule has 0 fully saturated rings. The highest BCUT2D eigenvalue weighted by molar-refractivity contribution is 6.30. The van der Waals surface area contributed by atoms with E-state index in [1.54, 1.807) is 6.20 Å². The smallest absolute Gasteiger partial charge is 0.222 e. The van der Waals surface area contributed by atoms with Crippen LogP contribution < -0.4 is 0 Å². The van der Waals surface area contributed by atoms with Gasteiger partial charge in [0.15, 0.2) is 0 Å². The fraction of sp³-hybridized carbons (Fsp3) is 0. The zero-order chi connectivity index (χ0) is 12.8. The Hall–Kier alpha value is -2.19. The number of hydrogen-bond donors (Lipinski definition) is 0. The predicted octanol–water partition coefficient (Wildman–Crippen LogP) is 4.59. The Balaban J connectivity index is 2.43. The van der Waals surface area contributed by atoms with Crippen LogP contribution in [0.4, 0.5) is 0 Å². The van der Waals surface area contributed by atoms with Crippen LogP contribution in [-0.4, -0.2) is 9.97 Å². The molecule has 0 N–H and O–H groups in total. The van der Waals surface area contributed by atoms with Crippen molar-refractivity contribution in [2.45, 2.75) is 0 Å². The van der Waals surface area contributed by atoms with Crippen molar-refractivity contribution >= 4 is 44.0 Å². The first-order chi connectivity index (χ1) is 9.34. The Kier molecular flexibility index (Phi) is 2.20. The number of rotatable bonds is 0. The van der Waals surface area contributed by atoms with Crippen LogP contribution in [-0.2, 0) is 0 Å². The van der Waals surface area contributed by atoms with Gasteiger partial charge in [0.1, 0.15) is 0 Å². The van der Waals surface area contributed by atoms with Gasteiger partial charge in [-0.2, -0.15) is 0 Å². The van der Waals surface area contributed by atoms with Crippen LogP contribution >= 0.6 is 11.6 Å². The number of nitrogens with zero attached hydrogens (tertiary/aromatic N) is 2. The van der Waals surface area contributed by atoms with Gasteiger partial charge in [-0.3, -0.25) is 0 Å². The summed E-state index contributed by atoms with van der Waals surface area (Å²) in [5.41, 5.74) is 0.911. The van der Waals surface area contributed by atoms with Gasteiger partial charge in [-0.1, -0.05) is 48.5 Å². The van der Waals surface area contributed by atoms with E-state index in [9.17, 15) is 0 Å². The van der Waals surface area contributed by atoms with Crippen LogP contribution in [0.3, 0.4) is 0 Å². The zero-order valence-corrected chi connectivity index (χ0v) is 10.7. The summed E-state index contributed by atoms with van der Waals surface area (Å²) in [6.45, 7) is 0. The predicted molar refractivity (Wildman–Crippen MR) is 79.6 cm³/mol. The van der Waals surface area contributed by atoms with E-state index in [-0.39, 0.29) is 5.28 Å². The van der Waals surface area contributed by atoms with Crippen molar-refractivity contribution in [3.05, 3.63) is 60.0 Å². The van der Waals surface area contributed by atoms with E-state index in [0.29, 0.717) is 0 Å². The largest absolute Gasteiger partial charge is 0.226 e. The monoisotopic (exact) mass is 264 g/mol. The van der Waals surface area contributed by atoms with Gasteiger partial charge in [0.05, 0.1) is 5.52 Å². The lowest BCUT2D eigenvalue weighted by Gasteiger charge is -2.08. The number of benzene rings is 3. The molecule has 0 saturated carbocycles. The average molecular weight is 265 g/mol. The van der Waals surface area contributed by atoms with Crippen molar-refractivity contribution in [1.82, 2.24) is 9.97 Å². The van der Waals surface area contributed by atoms with E-state index in [4.69, 9.17) is 11.6 Å². The molecule has 0 aliphatic carbocycles. The first kappa shape index (κ1) is 10.7. The van der Waals surface area contributed by atoms with Crippen LogP contribution in [0.2, 0.25) is 5.28 Å². The van der Waals surface area contributed by atoms with Crippen molar-refractivity contribution in [2.24, 2.45) is 0 Å². The topological polar surface area (TPSA) is 25.8 Å². The molecular formula is C16H9ClN2. The van der Waals surface area contributed by atoms with E-state index in [0.717, 1.165) is 21.7 Å². The molecule has 0 radical (unpaired) electrons. The molecule has 3 aromatic carbocycles. The van der Waals surface area contributed by atoms with Crippen LogP contribution in [0.5, 0.6) is 0 Å². The highest BCUT2D eigenvalue weighted by Gasteiger charge is 2.09. The number of hydrogen-bond acceptors (Lipinski definition) is 2. The molecule has 0 atom stereocenters. The maximum Gasteiger partial charge on any atom is 0.222 e. The summed E-state index contributed by atoms with van der Waals surface area (Å²) < 4.78 is 0. The summed E-state index contributed by atoms with van der Waals surface area (Å²) >= 11 is 5.95. The molecule has 0 aliphatic heterocycles. The number of fused-ring (bicyclic) bond motifs is 6. The highest BCUT2D eigenvalue weighted by Crippen LogP contribution is 2.33. The highest BCUT2D eigenvalue weighted by atomic mass is 35.5. The number of aromatic nitrogens is 2. The normalized spacial score (nSPS) is 11.4.